The number of nitrogens with one attached hydrogen (secondary N) is 1. The Hall–Kier alpha value is -1.43. The molecule has 3 N–H and O–H groups in total. The predicted molar refractivity (Wildman–Crippen MR) is 113 cm³/mol. The van der Waals surface area contributed by atoms with Crippen LogP contribution in [0.3, 0.4) is 0 Å². The number of phenols is 1. The summed E-state index contributed by atoms with van der Waals surface area (Å²) in [7, 11) is 0. The fraction of sp³-hybridized carbons (Fsp3) is 0.591. The highest BCUT2D eigenvalue weighted by molar-refractivity contribution is 7.10. The lowest BCUT2D eigenvalue weighted by molar-refractivity contribution is 0.0618. The Morgan fingerprint density at radius 1 is 1.11 bits per heavy atom. The molecular formula is C22H32N2O2S. The van der Waals surface area contributed by atoms with Crippen molar-refractivity contribution >= 4 is 11.3 Å². The van der Waals surface area contributed by atoms with Gasteiger partial charge >= 0.3 is 0 Å². The molecule has 1 fully saturated rings. The van der Waals surface area contributed by atoms with Crippen LogP contribution in [-0.2, 0) is 17.3 Å². The zero-order valence-corrected chi connectivity index (χ0v) is 18.1. The van der Waals surface area contributed by atoms with Crippen molar-refractivity contribution in [3.63, 3.8) is 0 Å². The molecule has 2 aromatic rings. The topological polar surface area (TPSA) is 65.4 Å². The average molecular weight is 389 g/mol. The van der Waals surface area contributed by atoms with E-state index in [0.717, 1.165) is 40.4 Å². The third-order valence-corrected chi connectivity index (χ3v) is 6.12. The van der Waals surface area contributed by atoms with Crippen LogP contribution in [0.15, 0.2) is 17.5 Å². The number of rotatable bonds is 3. The van der Waals surface area contributed by atoms with Crippen LogP contribution in [-0.4, -0.2) is 33.9 Å². The third-order valence-electron chi connectivity index (χ3n) is 5.27. The van der Waals surface area contributed by atoms with E-state index < -0.39 is 5.60 Å². The number of aromatic hydroxyl groups is 1. The summed E-state index contributed by atoms with van der Waals surface area (Å²) in [6, 6.07) is 4.13. The van der Waals surface area contributed by atoms with Crippen molar-refractivity contribution in [2.45, 2.75) is 70.8 Å². The molecule has 0 amide bonds. The van der Waals surface area contributed by atoms with Gasteiger partial charge in [-0.05, 0) is 35.9 Å². The Morgan fingerprint density at radius 2 is 1.70 bits per heavy atom. The second-order valence-corrected chi connectivity index (χ2v) is 10.8. The summed E-state index contributed by atoms with van der Waals surface area (Å²) in [6.45, 7) is 14.2. The maximum absolute atomic E-state index is 10.9. The molecule has 1 aromatic heterocycles. The highest BCUT2D eigenvalue weighted by Crippen LogP contribution is 2.42. The molecule has 1 aliphatic heterocycles. The molecule has 5 heteroatoms. The summed E-state index contributed by atoms with van der Waals surface area (Å²) in [5.41, 5.74) is 2.82. The van der Waals surface area contributed by atoms with Gasteiger partial charge in [0.1, 0.15) is 5.75 Å². The molecule has 4 nitrogen and oxygen atoms in total. The highest BCUT2D eigenvalue weighted by Gasteiger charge is 2.32. The van der Waals surface area contributed by atoms with Crippen LogP contribution in [0.5, 0.6) is 5.75 Å². The van der Waals surface area contributed by atoms with Gasteiger partial charge in [0.05, 0.1) is 16.3 Å². The van der Waals surface area contributed by atoms with Gasteiger partial charge in [-0.1, -0.05) is 41.5 Å². The molecule has 3 rings (SSSR count). The summed E-state index contributed by atoms with van der Waals surface area (Å²) < 4.78 is 0. The standard InChI is InChI=1S/C22H32N2O2S/c1-20(2,3)15-9-14(10-16(19(15)25)21(4,5)6)17-12-27-18(24-17)11-22(26)7-8-23-13-22/h9-10,12,23,25-26H,7-8,11,13H2,1-6H3. The van der Waals surface area contributed by atoms with Crippen molar-refractivity contribution < 1.29 is 10.2 Å². The van der Waals surface area contributed by atoms with Gasteiger partial charge in [0.25, 0.3) is 0 Å². The summed E-state index contributed by atoms with van der Waals surface area (Å²) >= 11 is 1.60. The zero-order chi connectivity index (χ0) is 20.0. The Morgan fingerprint density at radius 3 is 2.19 bits per heavy atom. The van der Waals surface area contributed by atoms with E-state index in [9.17, 15) is 10.2 Å². The zero-order valence-electron chi connectivity index (χ0n) is 17.3. The van der Waals surface area contributed by atoms with Crippen molar-refractivity contribution in [3.05, 3.63) is 33.6 Å². The van der Waals surface area contributed by atoms with Crippen molar-refractivity contribution in [2.24, 2.45) is 0 Å². The van der Waals surface area contributed by atoms with Gasteiger partial charge in [-0.15, -0.1) is 11.3 Å². The minimum absolute atomic E-state index is 0.163. The average Bonchev–Trinajstić information content (AvgIpc) is 3.15. The van der Waals surface area contributed by atoms with Crippen molar-refractivity contribution in [1.82, 2.24) is 10.3 Å². The van der Waals surface area contributed by atoms with Crippen molar-refractivity contribution in [3.8, 4) is 17.0 Å². The quantitative estimate of drug-likeness (QED) is 0.730. The SMILES string of the molecule is CC(C)(C)c1cc(-c2csc(CC3(O)CCNC3)n2)cc(C(C)(C)C)c1O. The fourth-order valence-corrected chi connectivity index (χ4v) is 4.55. The largest absolute Gasteiger partial charge is 0.507 e. The number of β-amino-alcohol motifs (C(OH)–C–C–N with tert-alkyl or cyclic N) is 1. The van der Waals surface area contributed by atoms with Crippen LogP contribution in [0.2, 0.25) is 0 Å². The number of aromatic nitrogens is 1. The van der Waals surface area contributed by atoms with Gasteiger partial charge in [0, 0.05) is 35.0 Å². The second-order valence-electron chi connectivity index (χ2n) is 9.87. The van der Waals surface area contributed by atoms with Gasteiger partial charge in [0.2, 0.25) is 0 Å². The van der Waals surface area contributed by atoms with Crippen molar-refractivity contribution in [2.75, 3.05) is 13.1 Å². The highest BCUT2D eigenvalue weighted by atomic mass is 32.1. The Kier molecular flexibility index (Phi) is 5.17. The summed E-state index contributed by atoms with van der Waals surface area (Å²) in [5, 5.41) is 27.8. The minimum atomic E-state index is -0.683. The molecule has 148 valence electrons. The molecule has 1 saturated heterocycles. The predicted octanol–water partition coefficient (Wildman–Crippen LogP) is 4.38. The molecule has 0 spiro atoms. The van der Waals surface area contributed by atoms with E-state index in [1.54, 1.807) is 11.3 Å². The molecule has 0 saturated carbocycles. The number of nitrogens with zero attached hydrogens (tertiary/aromatic N) is 1. The molecule has 0 bridgehead atoms. The Balaban J connectivity index is 2.01. The van der Waals surface area contributed by atoms with E-state index in [-0.39, 0.29) is 10.8 Å². The third kappa shape index (κ3) is 4.36. The first-order valence-corrected chi connectivity index (χ1v) is 10.5. The van der Waals surface area contributed by atoms with Crippen LogP contribution in [0.1, 0.15) is 64.1 Å². The molecule has 27 heavy (non-hydrogen) atoms. The number of benzene rings is 1. The van der Waals surface area contributed by atoms with E-state index in [2.05, 4.69) is 64.4 Å². The Labute approximate surface area is 166 Å². The lowest BCUT2D eigenvalue weighted by Gasteiger charge is -2.28. The van der Waals surface area contributed by atoms with Gasteiger partial charge < -0.3 is 15.5 Å². The molecule has 1 unspecified atom stereocenters. The molecule has 0 aliphatic carbocycles. The molecule has 1 aromatic carbocycles. The fourth-order valence-electron chi connectivity index (χ4n) is 3.61. The van der Waals surface area contributed by atoms with Gasteiger partial charge in [-0.25, -0.2) is 4.98 Å². The smallest absolute Gasteiger partial charge is 0.123 e. The number of phenolic OH excluding ortho intramolecular Hbond substituents is 1. The van der Waals surface area contributed by atoms with Crippen molar-refractivity contribution in [1.29, 1.82) is 0 Å². The molecule has 1 aliphatic rings. The number of hydrogen-bond donors (Lipinski definition) is 3. The maximum atomic E-state index is 10.9. The normalized spacial score (nSPS) is 21.0. The Bertz CT molecular complexity index is 787. The van der Waals surface area contributed by atoms with Crippen LogP contribution >= 0.6 is 11.3 Å². The maximum Gasteiger partial charge on any atom is 0.123 e. The molecule has 1 atom stereocenters. The molecule has 2 heterocycles. The van der Waals surface area contributed by atoms with Gasteiger partial charge in [-0.3, -0.25) is 0 Å². The van der Waals surface area contributed by atoms with Crippen LogP contribution in [0.4, 0.5) is 0 Å². The van der Waals surface area contributed by atoms with E-state index in [0.29, 0.717) is 18.7 Å². The summed E-state index contributed by atoms with van der Waals surface area (Å²) in [4.78, 5) is 4.81. The minimum Gasteiger partial charge on any atom is -0.507 e. The van der Waals surface area contributed by atoms with E-state index in [1.165, 1.54) is 0 Å². The second kappa shape index (κ2) is 6.87. The first kappa shape index (κ1) is 20.3. The monoisotopic (exact) mass is 388 g/mol. The lowest BCUT2D eigenvalue weighted by atomic mass is 9.78. The van der Waals surface area contributed by atoms with E-state index in [1.807, 2.05) is 0 Å². The number of aliphatic hydroxyl groups is 1. The first-order chi connectivity index (χ1) is 12.4. The molecule has 0 radical (unpaired) electrons. The summed E-state index contributed by atoms with van der Waals surface area (Å²) in [5.74, 6) is 0.389. The summed E-state index contributed by atoms with van der Waals surface area (Å²) in [6.07, 6.45) is 1.35. The van der Waals surface area contributed by atoms with Gasteiger partial charge in [-0.2, -0.15) is 0 Å². The number of thiazole rings is 1. The van der Waals surface area contributed by atoms with E-state index >= 15 is 0 Å². The van der Waals surface area contributed by atoms with Crippen LogP contribution in [0, 0.1) is 0 Å². The number of hydrogen-bond acceptors (Lipinski definition) is 5. The van der Waals surface area contributed by atoms with Gasteiger partial charge in [0.15, 0.2) is 0 Å². The molecular weight excluding hydrogens is 356 g/mol. The first-order valence-electron chi connectivity index (χ1n) is 9.65. The van der Waals surface area contributed by atoms with Crippen LogP contribution < -0.4 is 5.32 Å². The van der Waals surface area contributed by atoms with E-state index in [4.69, 9.17) is 4.98 Å². The lowest BCUT2D eigenvalue weighted by Crippen LogP contribution is -2.33. The van der Waals surface area contributed by atoms with Crippen LogP contribution in [0.25, 0.3) is 11.3 Å².